The molecule has 3 aromatic rings. The molecule has 1 heterocycles. The molecule has 2 aromatic carbocycles. The van der Waals surface area contributed by atoms with Crippen molar-refractivity contribution < 1.29 is 28.3 Å². The molecule has 0 fully saturated rings. The van der Waals surface area contributed by atoms with Gasteiger partial charge in [0.05, 0.1) is 17.7 Å². The van der Waals surface area contributed by atoms with E-state index in [2.05, 4.69) is 5.32 Å². The lowest BCUT2D eigenvalue weighted by atomic mass is 9.98. The van der Waals surface area contributed by atoms with Crippen LogP contribution >= 0.6 is 0 Å². The fraction of sp³-hybridized carbons (Fsp3) is 0.167. The van der Waals surface area contributed by atoms with Gasteiger partial charge in [-0.05, 0) is 26.8 Å². The molecule has 7 nitrogen and oxygen atoms in total. The second-order valence-electron chi connectivity index (χ2n) is 6.71. The minimum Gasteiger partial charge on any atom is -0.462 e. The predicted octanol–water partition coefficient (Wildman–Crippen LogP) is 4.45. The molecular weight excluding hydrogens is 398 g/mol. The third-order valence-corrected chi connectivity index (χ3v) is 4.60. The normalized spacial score (nSPS) is 10.4. The molecule has 0 aliphatic rings. The standard InChI is InChI=1S/C24H21NO6/c1-4-30-24(29)20-19(14(2)26)15(3)31-23(20)25-22(28)18-13-9-8-12-17(18)21(27)16-10-6-5-7-11-16/h5-13H,4H2,1-3H3,(H,25,28). The number of ether oxygens (including phenoxy) is 1. The second-order valence-corrected chi connectivity index (χ2v) is 6.71. The zero-order chi connectivity index (χ0) is 22.5. The Balaban J connectivity index is 2.00. The van der Waals surface area contributed by atoms with Gasteiger partial charge < -0.3 is 9.15 Å². The fourth-order valence-electron chi connectivity index (χ4n) is 3.25. The Morgan fingerprint density at radius 2 is 1.52 bits per heavy atom. The smallest absolute Gasteiger partial charge is 0.344 e. The first-order valence-electron chi connectivity index (χ1n) is 9.66. The molecule has 7 heteroatoms. The number of carbonyl (C=O) groups excluding carboxylic acids is 4. The van der Waals surface area contributed by atoms with E-state index in [1.807, 2.05) is 0 Å². The Hall–Kier alpha value is -4.00. The van der Waals surface area contributed by atoms with Crippen LogP contribution in [0.3, 0.4) is 0 Å². The number of aryl methyl sites for hydroxylation is 1. The van der Waals surface area contributed by atoms with E-state index in [9.17, 15) is 19.2 Å². The molecule has 0 unspecified atom stereocenters. The summed E-state index contributed by atoms with van der Waals surface area (Å²) in [5.74, 6) is -2.18. The van der Waals surface area contributed by atoms with Gasteiger partial charge in [0.15, 0.2) is 11.6 Å². The van der Waals surface area contributed by atoms with Gasteiger partial charge in [-0.1, -0.05) is 48.5 Å². The Labute approximate surface area is 179 Å². The van der Waals surface area contributed by atoms with Crippen molar-refractivity contribution in [2.24, 2.45) is 0 Å². The molecule has 0 atom stereocenters. The summed E-state index contributed by atoms with van der Waals surface area (Å²) in [6.45, 7) is 4.52. The molecule has 0 saturated heterocycles. The molecule has 0 bridgehead atoms. The van der Waals surface area contributed by atoms with Crippen molar-refractivity contribution in [3.8, 4) is 0 Å². The lowest BCUT2D eigenvalue weighted by molar-refractivity contribution is 0.0524. The number of furan rings is 1. The van der Waals surface area contributed by atoms with Crippen LogP contribution < -0.4 is 5.32 Å². The Kier molecular flexibility index (Phi) is 6.45. The number of rotatable bonds is 7. The van der Waals surface area contributed by atoms with Gasteiger partial charge in [-0.15, -0.1) is 0 Å². The molecule has 0 spiro atoms. The Bertz CT molecular complexity index is 1160. The van der Waals surface area contributed by atoms with Crippen LogP contribution in [0, 0.1) is 6.92 Å². The zero-order valence-electron chi connectivity index (χ0n) is 17.4. The predicted molar refractivity (Wildman–Crippen MR) is 114 cm³/mol. The van der Waals surface area contributed by atoms with E-state index >= 15 is 0 Å². The highest BCUT2D eigenvalue weighted by molar-refractivity contribution is 6.18. The lowest BCUT2D eigenvalue weighted by Gasteiger charge is -2.10. The van der Waals surface area contributed by atoms with E-state index in [1.165, 1.54) is 19.9 Å². The highest BCUT2D eigenvalue weighted by Gasteiger charge is 2.29. The number of carbonyl (C=O) groups is 4. The van der Waals surface area contributed by atoms with E-state index in [0.29, 0.717) is 5.56 Å². The van der Waals surface area contributed by atoms with Crippen LogP contribution in [0.15, 0.2) is 59.0 Å². The van der Waals surface area contributed by atoms with Crippen LogP contribution in [0.25, 0.3) is 0 Å². The largest absolute Gasteiger partial charge is 0.462 e. The number of esters is 1. The Morgan fingerprint density at radius 1 is 0.903 bits per heavy atom. The van der Waals surface area contributed by atoms with Crippen molar-refractivity contribution in [1.82, 2.24) is 0 Å². The molecule has 0 radical (unpaired) electrons. The monoisotopic (exact) mass is 419 g/mol. The summed E-state index contributed by atoms with van der Waals surface area (Å²) in [4.78, 5) is 50.4. The number of Topliss-reactive ketones (excluding diaryl/α,β-unsaturated/α-hetero) is 1. The average molecular weight is 419 g/mol. The highest BCUT2D eigenvalue weighted by atomic mass is 16.5. The van der Waals surface area contributed by atoms with Crippen LogP contribution in [-0.4, -0.2) is 30.0 Å². The summed E-state index contributed by atoms with van der Waals surface area (Å²) in [5, 5.41) is 2.52. The van der Waals surface area contributed by atoms with Crippen molar-refractivity contribution in [3.63, 3.8) is 0 Å². The van der Waals surface area contributed by atoms with Crippen LogP contribution in [0.1, 0.15) is 66.6 Å². The minimum atomic E-state index is -0.784. The topological polar surface area (TPSA) is 103 Å². The highest BCUT2D eigenvalue weighted by Crippen LogP contribution is 2.29. The van der Waals surface area contributed by atoms with E-state index in [0.717, 1.165) is 0 Å². The second kappa shape index (κ2) is 9.21. The van der Waals surface area contributed by atoms with E-state index in [1.54, 1.807) is 55.5 Å². The van der Waals surface area contributed by atoms with Crippen LogP contribution in [-0.2, 0) is 4.74 Å². The number of benzene rings is 2. The third-order valence-electron chi connectivity index (χ3n) is 4.60. The Morgan fingerprint density at radius 3 is 2.13 bits per heavy atom. The number of nitrogens with one attached hydrogen (secondary N) is 1. The number of amides is 1. The summed E-state index contributed by atoms with van der Waals surface area (Å²) >= 11 is 0. The average Bonchev–Trinajstić information content (AvgIpc) is 3.09. The van der Waals surface area contributed by atoms with Gasteiger partial charge in [0.1, 0.15) is 11.3 Å². The number of hydrogen-bond acceptors (Lipinski definition) is 6. The van der Waals surface area contributed by atoms with Gasteiger partial charge in [-0.3, -0.25) is 19.7 Å². The van der Waals surface area contributed by atoms with Gasteiger partial charge in [0.25, 0.3) is 5.91 Å². The molecule has 158 valence electrons. The summed E-state index contributed by atoms with van der Waals surface area (Å²) in [5.41, 5.74) is 0.626. The summed E-state index contributed by atoms with van der Waals surface area (Å²) < 4.78 is 10.5. The molecule has 1 aromatic heterocycles. The van der Waals surface area contributed by atoms with Crippen molar-refractivity contribution >= 4 is 29.3 Å². The van der Waals surface area contributed by atoms with Crippen molar-refractivity contribution in [3.05, 3.63) is 88.2 Å². The van der Waals surface area contributed by atoms with Gasteiger partial charge >= 0.3 is 5.97 Å². The van der Waals surface area contributed by atoms with E-state index < -0.39 is 17.7 Å². The summed E-state index contributed by atoms with van der Waals surface area (Å²) in [6, 6.07) is 14.9. The van der Waals surface area contributed by atoms with Gasteiger partial charge in [-0.2, -0.15) is 0 Å². The quantitative estimate of drug-likeness (QED) is 0.448. The molecular formula is C24H21NO6. The van der Waals surface area contributed by atoms with Crippen LogP contribution in [0.4, 0.5) is 5.88 Å². The maximum atomic E-state index is 13.0. The van der Waals surface area contributed by atoms with Crippen molar-refractivity contribution in [2.45, 2.75) is 20.8 Å². The first kappa shape index (κ1) is 21.7. The first-order valence-corrected chi connectivity index (χ1v) is 9.66. The number of ketones is 2. The molecule has 0 saturated carbocycles. The number of anilines is 1. The van der Waals surface area contributed by atoms with Crippen molar-refractivity contribution in [1.29, 1.82) is 0 Å². The maximum Gasteiger partial charge on any atom is 0.344 e. The van der Waals surface area contributed by atoms with Crippen LogP contribution in [0.2, 0.25) is 0 Å². The lowest BCUT2D eigenvalue weighted by Crippen LogP contribution is -2.19. The molecule has 3 rings (SSSR count). The molecule has 1 amide bonds. The zero-order valence-corrected chi connectivity index (χ0v) is 17.4. The first-order chi connectivity index (χ1) is 14.8. The molecule has 31 heavy (non-hydrogen) atoms. The molecule has 0 aliphatic heterocycles. The number of hydrogen-bond donors (Lipinski definition) is 1. The summed E-state index contributed by atoms with van der Waals surface area (Å²) in [7, 11) is 0. The van der Waals surface area contributed by atoms with Gasteiger partial charge in [0.2, 0.25) is 5.88 Å². The van der Waals surface area contributed by atoms with E-state index in [4.69, 9.17) is 9.15 Å². The summed E-state index contributed by atoms with van der Waals surface area (Å²) in [6.07, 6.45) is 0. The minimum absolute atomic E-state index is 0.0439. The van der Waals surface area contributed by atoms with Gasteiger partial charge in [-0.25, -0.2) is 4.79 Å². The van der Waals surface area contributed by atoms with Gasteiger partial charge in [0, 0.05) is 11.1 Å². The van der Waals surface area contributed by atoms with E-state index in [-0.39, 0.29) is 46.3 Å². The van der Waals surface area contributed by atoms with Crippen molar-refractivity contribution in [2.75, 3.05) is 11.9 Å². The fourth-order valence-corrected chi connectivity index (χ4v) is 3.25. The maximum absolute atomic E-state index is 13.0. The molecule has 0 aliphatic carbocycles. The SMILES string of the molecule is CCOC(=O)c1c(NC(=O)c2ccccc2C(=O)c2ccccc2)oc(C)c1C(C)=O. The third kappa shape index (κ3) is 4.45. The van der Waals surface area contributed by atoms with Crippen LogP contribution in [0.5, 0.6) is 0 Å². The molecule has 1 N–H and O–H groups in total.